The van der Waals surface area contributed by atoms with Crippen molar-refractivity contribution in [2.45, 2.75) is 26.2 Å². The van der Waals surface area contributed by atoms with Crippen molar-refractivity contribution in [1.82, 2.24) is 0 Å². The van der Waals surface area contributed by atoms with Gasteiger partial charge in [0.15, 0.2) is 0 Å². The van der Waals surface area contributed by atoms with Gasteiger partial charge in [-0.05, 0) is 55.2 Å². The maximum atomic E-state index is 12.6. The number of nitrogens with one attached hydrogen (secondary N) is 1. The van der Waals surface area contributed by atoms with Crippen molar-refractivity contribution in [1.29, 1.82) is 0 Å². The third-order valence-electron chi connectivity index (χ3n) is 4.25. The highest BCUT2D eigenvalue weighted by atomic mass is 35.5. The Labute approximate surface area is 142 Å². The van der Waals surface area contributed by atoms with Crippen molar-refractivity contribution >= 4 is 28.9 Å². The summed E-state index contributed by atoms with van der Waals surface area (Å²) in [6.45, 7) is 3.45. The van der Waals surface area contributed by atoms with Crippen molar-refractivity contribution < 1.29 is 4.79 Å². The van der Waals surface area contributed by atoms with Crippen LogP contribution in [0.3, 0.4) is 0 Å². The van der Waals surface area contributed by atoms with Crippen LogP contribution >= 0.6 is 11.6 Å². The fourth-order valence-corrected chi connectivity index (χ4v) is 3.28. The molecule has 1 amide bonds. The van der Waals surface area contributed by atoms with E-state index in [2.05, 4.69) is 11.4 Å². The number of para-hydroxylation sites is 1. The summed E-state index contributed by atoms with van der Waals surface area (Å²) in [5.74, 6) is 0.177. The Morgan fingerprint density at radius 2 is 2.09 bits per heavy atom. The number of hydrogen-bond acceptors (Lipinski definition) is 2. The van der Waals surface area contributed by atoms with Crippen LogP contribution in [0.25, 0.3) is 0 Å². The first-order valence-corrected chi connectivity index (χ1v) is 8.41. The van der Waals surface area contributed by atoms with Crippen LogP contribution in [0.1, 0.15) is 24.0 Å². The zero-order valence-electron chi connectivity index (χ0n) is 13.3. The van der Waals surface area contributed by atoms with Gasteiger partial charge in [-0.25, -0.2) is 0 Å². The molecule has 0 spiro atoms. The number of carbonyl (C=O) groups excluding carboxylic acids is 1. The van der Waals surface area contributed by atoms with Crippen molar-refractivity contribution in [2.24, 2.45) is 0 Å². The highest BCUT2D eigenvalue weighted by Gasteiger charge is 2.21. The molecule has 0 bridgehead atoms. The lowest BCUT2D eigenvalue weighted by molar-refractivity contribution is -0.118. The summed E-state index contributed by atoms with van der Waals surface area (Å²) in [5.41, 5.74) is 4.47. The van der Waals surface area contributed by atoms with Crippen LogP contribution in [0.2, 0.25) is 5.02 Å². The molecule has 0 radical (unpaired) electrons. The van der Waals surface area contributed by atoms with Gasteiger partial charge in [0.2, 0.25) is 5.91 Å². The van der Waals surface area contributed by atoms with Crippen LogP contribution in [0.4, 0.5) is 11.4 Å². The van der Waals surface area contributed by atoms with Gasteiger partial charge >= 0.3 is 0 Å². The topological polar surface area (TPSA) is 32.3 Å². The minimum atomic E-state index is 0.177. The Morgan fingerprint density at radius 3 is 2.91 bits per heavy atom. The van der Waals surface area contributed by atoms with E-state index in [4.69, 9.17) is 11.6 Å². The molecule has 2 aromatic carbocycles. The van der Waals surface area contributed by atoms with Gasteiger partial charge in [-0.3, -0.25) is 4.79 Å². The molecular weight excluding hydrogens is 308 g/mol. The normalized spacial score (nSPS) is 13.6. The van der Waals surface area contributed by atoms with E-state index in [1.54, 1.807) is 0 Å². The van der Waals surface area contributed by atoms with Crippen LogP contribution in [0.5, 0.6) is 0 Å². The van der Waals surface area contributed by atoms with Gasteiger partial charge in [0.25, 0.3) is 0 Å². The lowest BCUT2D eigenvalue weighted by Gasteiger charge is -2.29. The monoisotopic (exact) mass is 328 g/mol. The Morgan fingerprint density at radius 1 is 1.26 bits per heavy atom. The molecule has 120 valence electrons. The van der Waals surface area contributed by atoms with E-state index in [0.29, 0.717) is 13.0 Å². The van der Waals surface area contributed by atoms with E-state index in [1.165, 1.54) is 5.56 Å². The molecule has 4 heteroatoms. The Hall–Kier alpha value is -2.00. The smallest absolute Gasteiger partial charge is 0.228 e. The Kier molecular flexibility index (Phi) is 4.87. The van der Waals surface area contributed by atoms with Crippen molar-refractivity contribution in [3.8, 4) is 0 Å². The zero-order valence-corrected chi connectivity index (χ0v) is 14.1. The molecule has 0 unspecified atom stereocenters. The van der Waals surface area contributed by atoms with Crippen LogP contribution < -0.4 is 10.2 Å². The molecule has 0 aromatic heterocycles. The van der Waals surface area contributed by atoms with Gasteiger partial charge in [0.05, 0.1) is 0 Å². The number of amides is 1. The maximum absolute atomic E-state index is 12.6. The lowest BCUT2D eigenvalue weighted by atomic mass is 10.0. The summed E-state index contributed by atoms with van der Waals surface area (Å²) in [5, 5.41) is 4.06. The fraction of sp³-hybridized carbons (Fsp3) is 0.316. The van der Waals surface area contributed by atoms with E-state index >= 15 is 0 Å². The Bertz CT molecular complexity index is 714. The second-order valence-electron chi connectivity index (χ2n) is 5.91. The first kappa shape index (κ1) is 15.9. The van der Waals surface area contributed by atoms with E-state index in [1.807, 2.05) is 48.2 Å². The SMILES string of the molecule is Cc1cc(Cl)ccc1NCCC(=O)N1CCCc2ccccc21. The molecule has 0 atom stereocenters. The Balaban J connectivity index is 1.60. The standard InChI is InChI=1S/C19H21ClN2O/c1-14-13-16(20)8-9-17(14)21-11-10-19(23)22-12-4-6-15-5-2-3-7-18(15)22/h2-3,5,7-9,13,21H,4,6,10-12H2,1H3. The maximum Gasteiger partial charge on any atom is 0.228 e. The molecule has 0 saturated carbocycles. The second-order valence-corrected chi connectivity index (χ2v) is 6.35. The van der Waals surface area contributed by atoms with E-state index in [9.17, 15) is 4.79 Å². The van der Waals surface area contributed by atoms with Gasteiger partial charge < -0.3 is 10.2 Å². The second kappa shape index (κ2) is 7.05. The third kappa shape index (κ3) is 3.67. The predicted molar refractivity (Wildman–Crippen MR) is 96.4 cm³/mol. The van der Waals surface area contributed by atoms with Gasteiger partial charge in [-0.2, -0.15) is 0 Å². The molecule has 23 heavy (non-hydrogen) atoms. The number of rotatable bonds is 4. The molecule has 1 aliphatic heterocycles. The minimum absolute atomic E-state index is 0.177. The van der Waals surface area contributed by atoms with Crippen LogP contribution in [-0.2, 0) is 11.2 Å². The summed E-state index contributed by atoms with van der Waals surface area (Å²) in [4.78, 5) is 14.5. The van der Waals surface area contributed by atoms with Crippen LogP contribution in [0.15, 0.2) is 42.5 Å². The van der Waals surface area contributed by atoms with E-state index in [-0.39, 0.29) is 5.91 Å². The predicted octanol–water partition coefficient (Wildman–Crippen LogP) is 4.43. The molecule has 0 aliphatic carbocycles. The number of hydrogen-bond donors (Lipinski definition) is 1. The molecule has 1 aliphatic rings. The molecular formula is C19H21ClN2O. The largest absolute Gasteiger partial charge is 0.384 e. The van der Waals surface area contributed by atoms with Gasteiger partial charge in [-0.1, -0.05) is 29.8 Å². The first-order chi connectivity index (χ1) is 11.1. The van der Waals surface area contributed by atoms with Gasteiger partial charge in [0.1, 0.15) is 0 Å². The van der Waals surface area contributed by atoms with Crippen molar-refractivity contribution in [2.75, 3.05) is 23.3 Å². The average molecular weight is 329 g/mol. The summed E-state index contributed by atoms with van der Waals surface area (Å²) in [7, 11) is 0. The average Bonchev–Trinajstić information content (AvgIpc) is 2.56. The van der Waals surface area contributed by atoms with Gasteiger partial charge in [0, 0.05) is 35.9 Å². The molecule has 1 N–H and O–H groups in total. The lowest BCUT2D eigenvalue weighted by Crippen LogP contribution is -2.36. The quantitative estimate of drug-likeness (QED) is 0.900. The zero-order chi connectivity index (χ0) is 16.2. The summed E-state index contributed by atoms with van der Waals surface area (Å²) in [6.07, 6.45) is 2.57. The van der Waals surface area contributed by atoms with Crippen molar-refractivity contribution in [3.63, 3.8) is 0 Å². The van der Waals surface area contributed by atoms with Gasteiger partial charge in [-0.15, -0.1) is 0 Å². The van der Waals surface area contributed by atoms with E-state index in [0.717, 1.165) is 41.3 Å². The summed E-state index contributed by atoms with van der Waals surface area (Å²) < 4.78 is 0. The van der Waals surface area contributed by atoms with Crippen LogP contribution in [0, 0.1) is 6.92 Å². The number of benzene rings is 2. The van der Waals surface area contributed by atoms with Crippen molar-refractivity contribution in [3.05, 3.63) is 58.6 Å². The molecule has 1 heterocycles. The third-order valence-corrected chi connectivity index (χ3v) is 4.49. The molecule has 2 aromatic rings. The number of aryl methyl sites for hydroxylation is 2. The molecule has 0 fully saturated rings. The number of fused-ring (bicyclic) bond motifs is 1. The van der Waals surface area contributed by atoms with Crippen LogP contribution in [-0.4, -0.2) is 19.0 Å². The number of anilines is 2. The highest BCUT2D eigenvalue weighted by molar-refractivity contribution is 6.30. The van der Waals surface area contributed by atoms with E-state index < -0.39 is 0 Å². The fourth-order valence-electron chi connectivity index (χ4n) is 3.06. The number of nitrogens with zero attached hydrogens (tertiary/aromatic N) is 1. The number of halogens is 1. The highest BCUT2D eigenvalue weighted by Crippen LogP contribution is 2.27. The minimum Gasteiger partial charge on any atom is -0.384 e. The summed E-state index contributed by atoms with van der Waals surface area (Å²) >= 11 is 5.96. The molecule has 3 rings (SSSR count). The number of carbonyl (C=O) groups is 1. The molecule has 0 saturated heterocycles. The first-order valence-electron chi connectivity index (χ1n) is 8.03. The summed E-state index contributed by atoms with van der Waals surface area (Å²) in [6, 6.07) is 13.9. The molecule has 3 nitrogen and oxygen atoms in total.